The number of benzene rings is 3. The van der Waals surface area contributed by atoms with E-state index in [1.807, 2.05) is 0 Å². The van der Waals surface area contributed by atoms with Crippen LogP contribution in [0, 0.1) is 29.3 Å². The summed E-state index contributed by atoms with van der Waals surface area (Å²) < 4.78 is 52.3. The van der Waals surface area contributed by atoms with E-state index in [1.165, 1.54) is 18.2 Å². The molecule has 0 spiro atoms. The smallest absolute Gasteiger partial charge is 0.133 e. The first-order valence-corrected chi connectivity index (χ1v) is 9.56. The fraction of sp³-hybridized carbons (Fsp3) is 0.208. The van der Waals surface area contributed by atoms with Crippen LogP contribution in [0.25, 0.3) is 11.1 Å². The SMILES string of the molecule is CC(=O)C1CC1COc1ccc(-c2cc(Oc3cc(F)cc(F)c3)ccc2F)cc1. The van der Waals surface area contributed by atoms with Gasteiger partial charge < -0.3 is 9.47 Å². The Morgan fingerprint density at radius 3 is 2.20 bits per heavy atom. The van der Waals surface area contributed by atoms with Crippen molar-refractivity contribution in [1.82, 2.24) is 0 Å². The van der Waals surface area contributed by atoms with Crippen LogP contribution in [-0.4, -0.2) is 12.4 Å². The maximum absolute atomic E-state index is 14.4. The summed E-state index contributed by atoms with van der Waals surface area (Å²) >= 11 is 0. The van der Waals surface area contributed by atoms with Crippen LogP contribution in [0.1, 0.15) is 13.3 Å². The van der Waals surface area contributed by atoms with Crippen molar-refractivity contribution < 1.29 is 27.4 Å². The molecule has 0 saturated heterocycles. The molecule has 3 aromatic rings. The summed E-state index contributed by atoms with van der Waals surface area (Å²) in [6, 6.07) is 13.8. The minimum atomic E-state index is -0.760. The number of rotatable bonds is 7. The van der Waals surface area contributed by atoms with Gasteiger partial charge in [0, 0.05) is 35.6 Å². The molecular weight excluding hydrogens is 393 g/mol. The summed E-state index contributed by atoms with van der Waals surface area (Å²) in [5.41, 5.74) is 0.888. The minimum Gasteiger partial charge on any atom is -0.493 e. The molecule has 0 heterocycles. The van der Waals surface area contributed by atoms with Gasteiger partial charge in [0.1, 0.15) is 40.5 Å². The summed E-state index contributed by atoms with van der Waals surface area (Å²) in [6.45, 7) is 2.07. The lowest BCUT2D eigenvalue weighted by atomic mass is 10.0. The van der Waals surface area contributed by atoms with Crippen molar-refractivity contribution >= 4 is 5.78 Å². The van der Waals surface area contributed by atoms with Gasteiger partial charge in [-0.15, -0.1) is 0 Å². The first kappa shape index (κ1) is 20.0. The molecule has 3 nitrogen and oxygen atoms in total. The molecule has 0 aliphatic heterocycles. The van der Waals surface area contributed by atoms with Gasteiger partial charge in [-0.3, -0.25) is 4.79 Å². The van der Waals surface area contributed by atoms with Crippen molar-refractivity contribution in [2.24, 2.45) is 11.8 Å². The first-order valence-electron chi connectivity index (χ1n) is 9.56. The number of carbonyl (C=O) groups excluding carboxylic acids is 1. The van der Waals surface area contributed by atoms with Crippen molar-refractivity contribution in [1.29, 1.82) is 0 Å². The molecule has 2 unspecified atom stereocenters. The van der Waals surface area contributed by atoms with E-state index in [9.17, 15) is 18.0 Å². The molecule has 30 heavy (non-hydrogen) atoms. The van der Waals surface area contributed by atoms with Crippen LogP contribution in [0.4, 0.5) is 13.2 Å². The minimum absolute atomic E-state index is 0.0160. The number of hydrogen-bond acceptors (Lipinski definition) is 3. The molecule has 0 amide bonds. The second-order valence-corrected chi connectivity index (χ2v) is 7.40. The van der Waals surface area contributed by atoms with Crippen LogP contribution in [0.15, 0.2) is 60.7 Å². The normalized spacial score (nSPS) is 17.5. The number of ether oxygens (including phenoxy) is 2. The predicted molar refractivity (Wildman–Crippen MR) is 106 cm³/mol. The highest BCUT2D eigenvalue weighted by molar-refractivity contribution is 5.81. The van der Waals surface area contributed by atoms with Gasteiger partial charge in [-0.25, -0.2) is 13.2 Å². The molecule has 0 bridgehead atoms. The molecule has 0 aromatic heterocycles. The second-order valence-electron chi connectivity index (χ2n) is 7.40. The van der Waals surface area contributed by atoms with Crippen LogP contribution in [0.5, 0.6) is 17.2 Å². The molecule has 0 N–H and O–H groups in total. The fourth-order valence-electron chi connectivity index (χ4n) is 3.38. The van der Waals surface area contributed by atoms with E-state index >= 15 is 0 Å². The Morgan fingerprint density at radius 2 is 1.57 bits per heavy atom. The average molecular weight is 412 g/mol. The van der Waals surface area contributed by atoms with Crippen LogP contribution in [-0.2, 0) is 4.79 Å². The Bertz CT molecular complexity index is 1060. The van der Waals surface area contributed by atoms with Gasteiger partial charge in [-0.05, 0) is 49.2 Å². The molecule has 154 valence electrons. The topological polar surface area (TPSA) is 35.5 Å². The summed E-state index contributed by atoms with van der Waals surface area (Å²) in [4.78, 5) is 11.3. The monoisotopic (exact) mass is 412 g/mol. The molecule has 4 rings (SSSR count). The molecule has 3 aromatic carbocycles. The van der Waals surface area contributed by atoms with Crippen LogP contribution < -0.4 is 9.47 Å². The van der Waals surface area contributed by atoms with Crippen LogP contribution in [0.2, 0.25) is 0 Å². The van der Waals surface area contributed by atoms with Crippen molar-refractivity contribution in [3.05, 3.63) is 78.1 Å². The lowest BCUT2D eigenvalue weighted by Gasteiger charge is -2.10. The number of carbonyl (C=O) groups is 1. The van der Waals surface area contributed by atoms with E-state index in [-0.39, 0.29) is 34.7 Å². The molecule has 1 aliphatic carbocycles. The van der Waals surface area contributed by atoms with Gasteiger partial charge in [-0.1, -0.05) is 12.1 Å². The largest absolute Gasteiger partial charge is 0.493 e. The molecule has 6 heteroatoms. The van der Waals surface area contributed by atoms with Crippen LogP contribution in [0.3, 0.4) is 0 Å². The average Bonchev–Trinajstić information content (AvgIpc) is 3.48. The molecule has 1 saturated carbocycles. The zero-order chi connectivity index (χ0) is 21.3. The van der Waals surface area contributed by atoms with Crippen LogP contribution >= 0.6 is 0 Å². The van der Waals surface area contributed by atoms with Gasteiger partial charge in [0.05, 0.1) is 6.61 Å². The van der Waals surface area contributed by atoms with Gasteiger partial charge in [-0.2, -0.15) is 0 Å². The Morgan fingerprint density at radius 1 is 0.900 bits per heavy atom. The third-order valence-electron chi connectivity index (χ3n) is 5.08. The molecule has 1 aliphatic rings. The second kappa shape index (κ2) is 8.22. The molecule has 0 radical (unpaired) electrons. The van der Waals surface area contributed by atoms with E-state index in [1.54, 1.807) is 31.2 Å². The molecule has 2 atom stereocenters. The van der Waals surface area contributed by atoms with Crippen molar-refractivity contribution in [2.45, 2.75) is 13.3 Å². The third kappa shape index (κ3) is 4.64. The number of hydrogen-bond donors (Lipinski definition) is 0. The van der Waals surface area contributed by atoms with E-state index < -0.39 is 17.5 Å². The number of Topliss-reactive ketones (excluding diaryl/α,β-unsaturated/α-hetero) is 1. The Balaban J connectivity index is 1.46. The molecular formula is C24H19F3O3. The highest BCUT2D eigenvalue weighted by Gasteiger charge is 2.41. The maximum atomic E-state index is 14.4. The van der Waals surface area contributed by atoms with E-state index in [2.05, 4.69) is 0 Å². The predicted octanol–water partition coefficient (Wildman–Crippen LogP) is 6.17. The standard InChI is InChI=1S/C24H19F3O3/c1-14(28)22-8-16(22)13-29-19-4-2-15(3-5-19)23-12-20(6-7-24(23)27)30-21-10-17(25)9-18(26)11-21/h2-7,9-12,16,22H,8,13H2,1H3. The summed E-state index contributed by atoms with van der Waals surface area (Å²) in [6.07, 6.45) is 0.862. The summed E-state index contributed by atoms with van der Waals surface area (Å²) in [5.74, 6) is -0.544. The van der Waals surface area contributed by atoms with Crippen molar-refractivity contribution in [3.8, 4) is 28.4 Å². The van der Waals surface area contributed by atoms with Gasteiger partial charge >= 0.3 is 0 Å². The fourth-order valence-corrected chi connectivity index (χ4v) is 3.38. The Hall–Kier alpha value is -3.28. The Labute approximate surface area is 172 Å². The zero-order valence-electron chi connectivity index (χ0n) is 16.2. The summed E-state index contributed by atoms with van der Waals surface area (Å²) in [7, 11) is 0. The van der Waals surface area contributed by atoms with Gasteiger partial charge in [0.2, 0.25) is 0 Å². The third-order valence-corrected chi connectivity index (χ3v) is 5.08. The lowest BCUT2D eigenvalue weighted by molar-refractivity contribution is -0.118. The van der Waals surface area contributed by atoms with Gasteiger partial charge in [0.15, 0.2) is 0 Å². The van der Waals surface area contributed by atoms with Crippen molar-refractivity contribution in [3.63, 3.8) is 0 Å². The van der Waals surface area contributed by atoms with E-state index in [0.29, 0.717) is 17.9 Å². The highest BCUT2D eigenvalue weighted by Crippen LogP contribution is 2.39. The number of ketones is 1. The zero-order valence-corrected chi connectivity index (χ0v) is 16.2. The Kier molecular flexibility index (Phi) is 5.48. The highest BCUT2D eigenvalue weighted by atomic mass is 19.1. The van der Waals surface area contributed by atoms with E-state index in [0.717, 1.165) is 24.6 Å². The maximum Gasteiger partial charge on any atom is 0.133 e. The van der Waals surface area contributed by atoms with Crippen molar-refractivity contribution in [2.75, 3.05) is 6.61 Å². The number of halogens is 3. The lowest BCUT2D eigenvalue weighted by Crippen LogP contribution is -2.04. The van der Waals surface area contributed by atoms with E-state index in [4.69, 9.17) is 9.47 Å². The first-order chi connectivity index (χ1) is 14.4. The van der Waals surface area contributed by atoms with Gasteiger partial charge in [0.25, 0.3) is 0 Å². The summed E-state index contributed by atoms with van der Waals surface area (Å²) in [5, 5.41) is 0. The molecule has 1 fully saturated rings. The quantitative estimate of drug-likeness (QED) is 0.466.